The molecule has 1 saturated carbocycles. The number of carbonyl (C=O) groups excluding carboxylic acids is 1. The van der Waals surface area contributed by atoms with Crippen molar-refractivity contribution >= 4 is 24.3 Å². The standard InChI is InChI=1S/C27H31N7O/c1-15-9-22-21(26(28-4)29-15)6-7-24(22)31-27(35)23-14-34(32-17(23)3)13-18-5-8-25(30-16(18)2)33-11-19-10-20(19)12-33/h5,8-9,14,19-20,24H,4,6-7,10-13H2,1-3H3,(H,31,35)/t19?,20?,24-/m1/s1. The van der Waals surface area contributed by atoms with Crippen molar-refractivity contribution in [3.8, 4) is 0 Å². The summed E-state index contributed by atoms with van der Waals surface area (Å²) >= 11 is 0. The average Bonchev–Trinajstić information content (AvgIpc) is 3.13. The molecule has 8 nitrogen and oxygen atoms in total. The van der Waals surface area contributed by atoms with E-state index in [0.717, 1.165) is 77.4 Å². The van der Waals surface area contributed by atoms with Crippen LogP contribution in [0.2, 0.25) is 0 Å². The summed E-state index contributed by atoms with van der Waals surface area (Å²) in [4.78, 5) is 29.0. The molecule has 180 valence electrons. The number of amides is 1. The highest BCUT2D eigenvalue weighted by molar-refractivity contribution is 5.95. The molecule has 0 bridgehead atoms. The molecule has 2 fully saturated rings. The van der Waals surface area contributed by atoms with E-state index < -0.39 is 0 Å². The number of hydrogen-bond donors (Lipinski definition) is 1. The number of fused-ring (bicyclic) bond motifs is 2. The van der Waals surface area contributed by atoms with Crippen LogP contribution in [0.1, 0.15) is 63.0 Å². The maximum atomic E-state index is 13.2. The second kappa shape index (κ2) is 8.29. The molecule has 0 aromatic carbocycles. The van der Waals surface area contributed by atoms with Crippen LogP contribution < -0.4 is 10.2 Å². The van der Waals surface area contributed by atoms with Crippen LogP contribution in [0.5, 0.6) is 0 Å². The van der Waals surface area contributed by atoms with Crippen molar-refractivity contribution in [2.45, 2.75) is 52.6 Å². The Morgan fingerprint density at radius 2 is 1.97 bits per heavy atom. The van der Waals surface area contributed by atoms with Crippen LogP contribution >= 0.6 is 0 Å². The smallest absolute Gasteiger partial charge is 0.255 e. The fourth-order valence-electron chi connectivity index (χ4n) is 5.74. The lowest BCUT2D eigenvalue weighted by atomic mass is 10.1. The van der Waals surface area contributed by atoms with Gasteiger partial charge in [-0.05, 0) is 81.8 Å². The van der Waals surface area contributed by atoms with E-state index in [9.17, 15) is 4.79 Å². The third kappa shape index (κ3) is 4.00. The monoisotopic (exact) mass is 469 g/mol. The van der Waals surface area contributed by atoms with Crippen LogP contribution in [-0.4, -0.2) is 45.5 Å². The summed E-state index contributed by atoms with van der Waals surface area (Å²) in [5.41, 5.74) is 6.51. The third-order valence-electron chi connectivity index (χ3n) is 7.79. The Labute approximate surface area is 205 Å². The molecule has 1 saturated heterocycles. The first kappa shape index (κ1) is 21.9. The van der Waals surface area contributed by atoms with Gasteiger partial charge in [0, 0.05) is 36.2 Å². The molecule has 2 unspecified atom stereocenters. The molecule has 6 rings (SSSR count). The summed E-state index contributed by atoms with van der Waals surface area (Å²) in [5.74, 6) is 3.41. The van der Waals surface area contributed by atoms with E-state index in [1.807, 2.05) is 30.8 Å². The minimum atomic E-state index is -0.105. The molecular weight excluding hydrogens is 438 g/mol. The Balaban J connectivity index is 1.16. The molecule has 3 aromatic rings. The minimum absolute atomic E-state index is 0.0573. The zero-order chi connectivity index (χ0) is 24.3. The largest absolute Gasteiger partial charge is 0.356 e. The first-order valence-corrected chi connectivity index (χ1v) is 12.4. The fourth-order valence-corrected chi connectivity index (χ4v) is 5.74. The van der Waals surface area contributed by atoms with Crippen molar-refractivity contribution in [1.82, 2.24) is 25.1 Å². The van der Waals surface area contributed by atoms with Crippen LogP contribution in [0.15, 0.2) is 29.4 Å². The predicted molar refractivity (Wildman–Crippen MR) is 136 cm³/mol. The number of aliphatic imine (C=N–C) groups is 1. The van der Waals surface area contributed by atoms with E-state index in [0.29, 0.717) is 17.9 Å². The van der Waals surface area contributed by atoms with Gasteiger partial charge in [0.1, 0.15) is 5.82 Å². The second-order valence-corrected chi connectivity index (χ2v) is 10.3. The molecule has 0 spiro atoms. The summed E-state index contributed by atoms with van der Waals surface area (Å²) in [5, 5.41) is 7.83. The van der Waals surface area contributed by atoms with Gasteiger partial charge < -0.3 is 10.2 Å². The van der Waals surface area contributed by atoms with Gasteiger partial charge in [0.15, 0.2) is 5.82 Å². The van der Waals surface area contributed by atoms with Gasteiger partial charge in [0.2, 0.25) is 0 Å². The topological polar surface area (TPSA) is 88.3 Å². The Hall–Kier alpha value is -3.55. The van der Waals surface area contributed by atoms with Crippen LogP contribution in [-0.2, 0) is 13.0 Å². The number of carbonyl (C=O) groups is 1. The highest BCUT2D eigenvalue weighted by Gasteiger charge is 2.45. The maximum Gasteiger partial charge on any atom is 0.255 e. The number of pyridine rings is 2. The number of rotatable bonds is 6. The van der Waals surface area contributed by atoms with Crippen LogP contribution in [0.3, 0.4) is 0 Å². The van der Waals surface area contributed by atoms with Gasteiger partial charge in [-0.3, -0.25) is 9.48 Å². The highest BCUT2D eigenvalue weighted by Crippen LogP contribution is 2.46. The number of hydrogen-bond acceptors (Lipinski definition) is 6. The van der Waals surface area contributed by atoms with Gasteiger partial charge in [0.25, 0.3) is 5.91 Å². The van der Waals surface area contributed by atoms with Crippen molar-refractivity contribution in [1.29, 1.82) is 0 Å². The first-order chi connectivity index (χ1) is 16.9. The molecular formula is C27H31N7O. The summed E-state index contributed by atoms with van der Waals surface area (Å²) < 4.78 is 1.84. The molecule has 3 atom stereocenters. The molecule has 8 heteroatoms. The summed E-state index contributed by atoms with van der Waals surface area (Å²) in [7, 11) is 0. The highest BCUT2D eigenvalue weighted by atomic mass is 16.1. The SMILES string of the molecule is C=Nc1nc(C)cc2c1CC[C@H]2NC(=O)c1cn(Cc2ccc(N3CC4CC4C3)nc2C)nc1C. The number of aromatic nitrogens is 4. The lowest BCUT2D eigenvalue weighted by Crippen LogP contribution is -2.27. The Kier molecular flexibility index (Phi) is 5.20. The predicted octanol–water partition coefficient (Wildman–Crippen LogP) is 3.85. The molecule has 2 aliphatic carbocycles. The van der Waals surface area contributed by atoms with Crippen molar-refractivity contribution in [3.05, 3.63) is 63.7 Å². The lowest BCUT2D eigenvalue weighted by molar-refractivity contribution is 0.0936. The first-order valence-electron chi connectivity index (χ1n) is 12.4. The van der Waals surface area contributed by atoms with E-state index in [4.69, 9.17) is 4.98 Å². The van der Waals surface area contributed by atoms with Gasteiger partial charge in [-0.25, -0.2) is 15.0 Å². The number of anilines is 1. The van der Waals surface area contributed by atoms with Crippen molar-refractivity contribution in [2.75, 3.05) is 18.0 Å². The van der Waals surface area contributed by atoms with Crippen LogP contribution in [0, 0.1) is 32.6 Å². The van der Waals surface area contributed by atoms with Gasteiger partial charge in [-0.2, -0.15) is 5.10 Å². The van der Waals surface area contributed by atoms with Gasteiger partial charge in [-0.1, -0.05) is 6.07 Å². The quantitative estimate of drug-likeness (QED) is 0.554. The normalized spacial score (nSPS) is 22.1. The molecule has 35 heavy (non-hydrogen) atoms. The van der Waals surface area contributed by atoms with Gasteiger partial charge in [-0.15, -0.1) is 0 Å². The van der Waals surface area contributed by atoms with E-state index in [1.54, 1.807) is 0 Å². The molecule has 3 aliphatic rings. The Bertz CT molecular complexity index is 1330. The van der Waals surface area contributed by atoms with Crippen molar-refractivity contribution in [3.63, 3.8) is 0 Å². The van der Waals surface area contributed by atoms with E-state index in [1.165, 1.54) is 6.42 Å². The molecule has 1 N–H and O–H groups in total. The number of nitrogens with one attached hydrogen (secondary N) is 1. The molecule has 1 amide bonds. The van der Waals surface area contributed by atoms with E-state index in [-0.39, 0.29) is 11.9 Å². The Morgan fingerprint density at radius 3 is 2.71 bits per heavy atom. The Morgan fingerprint density at radius 1 is 1.17 bits per heavy atom. The third-order valence-corrected chi connectivity index (χ3v) is 7.79. The van der Waals surface area contributed by atoms with Crippen LogP contribution in [0.4, 0.5) is 11.6 Å². The van der Waals surface area contributed by atoms with Crippen LogP contribution in [0.25, 0.3) is 0 Å². The molecule has 3 aromatic heterocycles. The van der Waals surface area contributed by atoms with Gasteiger partial charge >= 0.3 is 0 Å². The maximum absolute atomic E-state index is 13.2. The molecule has 1 aliphatic heterocycles. The average molecular weight is 470 g/mol. The number of piperidine rings is 1. The van der Waals surface area contributed by atoms with E-state index >= 15 is 0 Å². The zero-order valence-corrected chi connectivity index (χ0v) is 20.6. The zero-order valence-electron chi connectivity index (χ0n) is 20.6. The number of aryl methyl sites for hydroxylation is 3. The fraction of sp³-hybridized carbons (Fsp3) is 0.444. The van der Waals surface area contributed by atoms with Gasteiger partial charge in [0.05, 0.1) is 23.8 Å². The second-order valence-electron chi connectivity index (χ2n) is 10.3. The van der Waals surface area contributed by atoms with Crippen molar-refractivity contribution < 1.29 is 4.79 Å². The lowest BCUT2D eigenvalue weighted by Gasteiger charge is -2.20. The van der Waals surface area contributed by atoms with Crippen molar-refractivity contribution in [2.24, 2.45) is 16.8 Å². The molecule has 4 heterocycles. The summed E-state index contributed by atoms with van der Waals surface area (Å²) in [6.45, 7) is 12.4. The summed E-state index contributed by atoms with van der Waals surface area (Å²) in [6.07, 6.45) is 4.90. The summed E-state index contributed by atoms with van der Waals surface area (Å²) in [6, 6.07) is 6.26. The minimum Gasteiger partial charge on any atom is -0.356 e. The molecule has 0 radical (unpaired) electrons. The number of nitrogens with zero attached hydrogens (tertiary/aromatic N) is 6. The van der Waals surface area contributed by atoms with E-state index in [2.05, 4.69) is 51.1 Å².